The number of amides is 3. The maximum atomic E-state index is 11.9. The van der Waals surface area contributed by atoms with Crippen LogP contribution >= 0.6 is 0 Å². The molecule has 0 aromatic carbocycles. The zero-order valence-electron chi connectivity index (χ0n) is 9.03. The summed E-state index contributed by atoms with van der Waals surface area (Å²) in [6.45, 7) is 4.97. The minimum absolute atomic E-state index is 0.0683. The molecule has 5 heteroatoms. The summed E-state index contributed by atoms with van der Waals surface area (Å²) in [7, 11) is 0. The number of hydrogen-bond donors (Lipinski definition) is 1. The maximum Gasteiger partial charge on any atom is 0.325 e. The van der Waals surface area contributed by atoms with Crippen molar-refractivity contribution in [2.24, 2.45) is 5.92 Å². The monoisotopic (exact) mass is 212 g/mol. The maximum absolute atomic E-state index is 11.9. The number of ether oxygens (including phenoxy) is 1. The number of urea groups is 1. The summed E-state index contributed by atoms with van der Waals surface area (Å²) in [5, 5.41) is 2.71. The van der Waals surface area contributed by atoms with E-state index in [2.05, 4.69) is 5.32 Å². The predicted molar refractivity (Wildman–Crippen MR) is 53.2 cm³/mol. The molecule has 3 amide bonds. The van der Waals surface area contributed by atoms with Crippen molar-refractivity contribution in [3.8, 4) is 0 Å². The fraction of sp³-hybridized carbons (Fsp3) is 0.800. The van der Waals surface area contributed by atoms with E-state index in [4.69, 9.17) is 4.74 Å². The summed E-state index contributed by atoms with van der Waals surface area (Å²) >= 11 is 0. The van der Waals surface area contributed by atoms with Gasteiger partial charge in [-0.3, -0.25) is 9.69 Å². The molecule has 15 heavy (non-hydrogen) atoms. The fourth-order valence-corrected chi connectivity index (χ4v) is 2.04. The van der Waals surface area contributed by atoms with Crippen LogP contribution in [0, 0.1) is 5.92 Å². The molecule has 2 atom stereocenters. The van der Waals surface area contributed by atoms with Gasteiger partial charge in [-0.25, -0.2) is 4.79 Å². The highest BCUT2D eigenvalue weighted by atomic mass is 16.5. The lowest BCUT2D eigenvalue weighted by atomic mass is 10.0. The first-order valence-corrected chi connectivity index (χ1v) is 5.32. The molecular formula is C10H16N2O3. The third-order valence-corrected chi connectivity index (χ3v) is 2.94. The lowest BCUT2D eigenvalue weighted by Gasteiger charge is -2.19. The molecule has 0 saturated carbocycles. The van der Waals surface area contributed by atoms with E-state index in [-0.39, 0.29) is 29.9 Å². The molecule has 2 unspecified atom stereocenters. The van der Waals surface area contributed by atoms with Crippen molar-refractivity contribution in [2.45, 2.75) is 32.4 Å². The normalized spacial score (nSPS) is 31.5. The lowest BCUT2D eigenvalue weighted by molar-refractivity contribution is -0.129. The number of carbonyl (C=O) groups excluding carboxylic acids is 2. The van der Waals surface area contributed by atoms with Crippen molar-refractivity contribution < 1.29 is 14.3 Å². The summed E-state index contributed by atoms with van der Waals surface area (Å²) < 4.78 is 5.19. The van der Waals surface area contributed by atoms with Crippen LogP contribution in [0.2, 0.25) is 0 Å². The molecule has 84 valence electrons. The zero-order valence-corrected chi connectivity index (χ0v) is 9.03. The molecule has 1 N–H and O–H groups in total. The Labute approximate surface area is 88.8 Å². The molecule has 2 aliphatic heterocycles. The number of rotatable bonds is 2. The molecule has 5 nitrogen and oxygen atoms in total. The van der Waals surface area contributed by atoms with Gasteiger partial charge in [0.15, 0.2) is 0 Å². The Morgan fingerprint density at radius 3 is 2.67 bits per heavy atom. The highest BCUT2D eigenvalue weighted by Gasteiger charge is 2.44. The van der Waals surface area contributed by atoms with Crippen LogP contribution < -0.4 is 5.32 Å². The second-order valence-corrected chi connectivity index (χ2v) is 4.40. The molecule has 2 fully saturated rings. The molecule has 0 bridgehead atoms. The third kappa shape index (κ3) is 1.71. The summed E-state index contributed by atoms with van der Waals surface area (Å²) in [5.41, 5.74) is 0. The molecule has 2 rings (SSSR count). The minimum Gasteiger partial charge on any atom is -0.379 e. The van der Waals surface area contributed by atoms with Crippen molar-refractivity contribution in [3.05, 3.63) is 0 Å². The second-order valence-electron chi connectivity index (χ2n) is 4.40. The first-order chi connectivity index (χ1) is 7.11. The van der Waals surface area contributed by atoms with Gasteiger partial charge in [0.05, 0.1) is 12.6 Å². The Hall–Kier alpha value is -1.10. The number of nitrogens with one attached hydrogen (secondary N) is 1. The van der Waals surface area contributed by atoms with Gasteiger partial charge in [0.2, 0.25) is 0 Å². The van der Waals surface area contributed by atoms with Gasteiger partial charge in [0.1, 0.15) is 6.04 Å². The van der Waals surface area contributed by atoms with Crippen LogP contribution in [-0.4, -0.2) is 42.1 Å². The van der Waals surface area contributed by atoms with Crippen molar-refractivity contribution >= 4 is 11.9 Å². The van der Waals surface area contributed by atoms with E-state index in [0.29, 0.717) is 13.2 Å². The minimum atomic E-state index is -0.363. The molecule has 0 radical (unpaired) electrons. The van der Waals surface area contributed by atoms with E-state index in [1.54, 1.807) is 0 Å². The predicted octanol–water partition coefficient (Wildman–Crippen LogP) is 0.352. The van der Waals surface area contributed by atoms with Gasteiger partial charge >= 0.3 is 6.03 Å². The Kier molecular flexibility index (Phi) is 2.65. The zero-order chi connectivity index (χ0) is 11.0. The largest absolute Gasteiger partial charge is 0.379 e. The highest BCUT2D eigenvalue weighted by Crippen LogP contribution is 2.20. The quantitative estimate of drug-likeness (QED) is 0.672. The Morgan fingerprint density at radius 1 is 1.47 bits per heavy atom. The second kappa shape index (κ2) is 3.81. The Morgan fingerprint density at radius 2 is 2.20 bits per heavy atom. The smallest absolute Gasteiger partial charge is 0.325 e. The molecule has 2 aliphatic rings. The van der Waals surface area contributed by atoms with E-state index in [1.165, 1.54) is 4.90 Å². The number of nitrogens with zero attached hydrogens (tertiary/aromatic N) is 1. The van der Waals surface area contributed by atoms with E-state index in [1.807, 2.05) is 13.8 Å². The Balaban J connectivity index is 2.12. The average Bonchev–Trinajstić information content (AvgIpc) is 2.73. The first kappa shape index (κ1) is 10.4. The van der Waals surface area contributed by atoms with Crippen molar-refractivity contribution in [1.82, 2.24) is 10.2 Å². The number of hydrogen-bond acceptors (Lipinski definition) is 3. The molecule has 2 saturated heterocycles. The van der Waals surface area contributed by atoms with Gasteiger partial charge in [-0.15, -0.1) is 0 Å². The van der Waals surface area contributed by atoms with Gasteiger partial charge in [-0.2, -0.15) is 0 Å². The van der Waals surface area contributed by atoms with E-state index in [0.717, 1.165) is 6.42 Å². The van der Waals surface area contributed by atoms with Crippen LogP contribution in [0.25, 0.3) is 0 Å². The molecule has 0 aliphatic carbocycles. The van der Waals surface area contributed by atoms with E-state index >= 15 is 0 Å². The van der Waals surface area contributed by atoms with E-state index in [9.17, 15) is 9.59 Å². The standard InChI is InChI=1S/C10H16N2O3/c1-6(2)8-9(13)12(10(14)11-8)7-3-4-15-5-7/h6-8H,3-5H2,1-2H3,(H,11,14). The lowest BCUT2D eigenvalue weighted by Crippen LogP contribution is -2.41. The SMILES string of the molecule is CC(C)C1NC(=O)N(C2CCOC2)C1=O. The molecule has 0 aromatic rings. The third-order valence-electron chi connectivity index (χ3n) is 2.94. The molecule has 0 aromatic heterocycles. The first-order valence-electron chi connectivity index (χ1n) is 5.32. The van der Waals surface area contributed by atoms with Gasteiger partial charge in [-0.1, -0.05) is 13.8 Å². The van der Waals surface area contributed by atoms with Crippen LogP contribution in [0.5, 0.6) is 0 Å². The summed E-state index contributed by atoms with van der Waals surface area (Å²) in [4.78, 5) is 24.9. The van der Waals surface area contributed by atoms with Gasteiger partial charge in [0.25, 0.3) is 5.91 Å². The van der Waals surface area contributed by atoms with Crippen LogP contribution in [0.1, 0.15) is 20.3 Å². The van der Waals surface area contributed by atoms with Crippen molar-refractivity contribution in [2.75, 3.05) is 13.2 Å². The highest BCUT2D eigenvalue weighted by molar-refractivity contribution is 6.04. The Bertz CT molecular complexity index is 284. The fourth-order valence-electron chi connectivity index (χ4n) is 2.04. The van der Waals surface area contributed by atoms with Crippen LogP contribution in [-0.2, 0) is 9.53 Å². The summed E-state index contributed by atoms with van der Waals surface area (Å²) in [5.74, 6) is 0.0271. The van der Waals surface area contributed by atoms with E-state index < -0.39 is 0 Å². The molecular weight excluding hydrogens is 196 g/mol. The number of carbonyl (C=O) groups is 2. The van der Waals surface area contributed by atoms with Crippen LogP contribution in [0.3, 0.4) is 0 Å². The van der Waals surface area contributed by atoms with Crippen LogP contribution in [0.4, 0.5) is 4.79 Å². The van der Waals surface area contributed by atoms with Gasteiger partial charge in [0, 0.05) is 6.61 Å². The summed E-state index contributed by atoms with van der Waals surface area (Å²) in [6.07, 6.45) is 0.754. The van der Waals surface area contributed by atoms with Gasteiger partial charge < -0.3 is 10.1 Å². The average molecular weight is 212 g/mol. The van der Waals surface area contributed by atoms with Crippen LogP contribution in [0.15, 0.2) is 0 Å². The van der Waals surface area contributed by atoms with Crippen molar-refractivity contribution in [3.63, 3.8) is 0 Å². The number of imide groups is 1. The topological polar surface area (TPSA) is 58.6 Å². The van der Waals surface area contributed by atoms with Gasteiger partial charge in [-0.05, 0) is 12.3 Å². The van der Waals surface area contributed by atoms with Crippen molar-refractivity contribution in [1.29, 1.82) is 0 Å². The molecule has 2 heterocycles. The molecule has 0 spiro atoms. The summed E-state index contributed by atoms with van der Waals surface area (Å²) in [6, 6.07) is -0.700.